The molecule has 0 amide bonds. The smallest absolute Gasteiger partial charge is 0.241 e. The molecule has 0 fully saturated rings. The van der Waals surface area contributed by atoms with Gasteiger partial charge in [0.25, 0.3) is 0 Å². The minimum Gasteiger partial charge on any atom is -0.486 e. The normalized spacial score (nSPS) is 11.5. The number of ether oxygens (including phenoxy) is 1. The summed E-state index contributed by atoms with van der Waals surface area (Å²) in [6.45, 7) is 0.0645. The highest BCUT2D eigenvalue weighted by molar-refractivity contribution is 7.89. The van der Waals surface area contributed by atoms with E-state index in [0.29, 0.717) is 5.69 Å². The molecule has 0 atom stereocenters. The fourth-order valence-corrected chi connectivity index (χ4v) is 2.20. The van der Waals surface area contributed by atoms with Gasteiger partial charge >= 0.3 is 0 Å². The fraction of sp³-hybridized carbons (Fsp3) is 0.182. The lowest BCUT2D eigenvalue weighted by Gasteiger charge is -2.09. The molecule has 0 aliphatic rings. The van der Waals surface area contributed by atoms with E-state index >= 15 is 0 Å². The maximum atomic E-state index is 13.1. The van der Waals surface area contributed by atoms with Gasteiger partial charge in [-0.05, 0) is 24.3 Å². The van der Waals surface area contributed by atoms with Gasteiger partial charge in [0.05, 0.1) is 5.69 Å². The molecule has 2 aromatic rings. The zero-order chi connectivity index (χ0) is 14.0. The summed E-state index contributed by atoms with van der Waals surface area (Å²) in [6, 6.07) is 4.86. The standard InChI is InChI=1S/C11H12FN3O3S/c1-15-5-4-9(14-15)7-18-10-3-2-8(12)6-11(10)19(13,16)17/h2-6H,7H2,1H3,(H2,13,16,17). The molecule has 0 aliphatic heterocycles. The van der Waals surface area contributed by atoms with Crippen molar-refractivity contribution in [2.75, 3.05) is 0 Å². The minimum absolute atomic E-state index is 0.00504. The van der Waals surface area contributed by atoms with E-state index in [2.05, 4.69) is 5.10 Å². The second-order valence-electron chi connectivity index (χ2n) is 3.91. The summed E-state index contributed by atoms with van der Waals surface area (Å²) in [5.41, 5.74) is 0.618. The second kappa shape index (κ2) is 4.98. The van der Waals surface area contributed by atoms with Crippen molar-refractivity contribution in [1.29, 1.82) is 0 Å². The van der Waals surface area contributed by atoms with E-state index in [-0.39, 0.29) is 17.3 Å². The number of primary sulfonamides is 1. The molecule has 6 nitrogen and oxygen atoms in total. The van der Waals surface area contributed by atoms with E-state index in [1.54, 1.807) is 24.0 Å². The average molecular weight is 285 g/mol. The van der Waals surface area contributed by atoms with Crippen molar-refractivity contribution in [2.24, 2.45) is 12.2 Å². The number of aryl methyl sites for hydroxylation is 1. The van der Waals surface area contributed by atoms with E-state index in [4.69, 9.17) is 9.88 Å². The van der Waals surface area contributed by atoms with Crippen molar-refractivity contribution in [1.82, 2.24) is 9.78 Å². The summed E-state index contributed by atoms with van der Waals surface area (Å²) in [7, 11) is -2.30. The molecular weight excluding hydrogens is 273 g/mol. The summed E-state index contributed by atoms with van der Waals surface area (Å²) >= 11 is 0. The van der Waals surface area contributed by atoms with Crippen molar-refractivity contribution >= 4 is 10.0 Å². The monoisotopic (exact) mass is 285 g/mol. The third kappa shape index (κ3) is 3.30. The van der Waals surface area contributed by atoms with Crippen LogP contribution in [0.2, 0.25) is 0 Å². The quantitative estimate of drug-likeness (QED) is 0.899. The third-order valence-corrected chi connectivity index (χ3v) is 3.29. The summed E-state index contributed by atoms with van der Waals surface area (Å²) in [5, 5.41) is 9.08. The molecule has 2 rings (SSSR count). The van der Waals surface area contributed by atoms with Gasteiger partial charge < -0.3 is 4.74 Å². The van der Waals surface area contributed by atoms with Gasteiger partial charge in [-0.2, -0.15) is 5.10 Å². The average Bonchev–Trinajstić information content (AvgIpc) is 2.72. The number of nitrogens with zero attached hydrogens (tertiary/aromatic N) is 2. The van der Waals surface area contributed by atoms with E-state index in [9.17, 15) is 12.8 Å². The van der Waals surface area contributed by atoms with Crippen molar-refractivity contribution in [2.45, 2.75) is 11.5 Å². The van der Waals surface area contributed by atoms with E-state index in [1.807, 2.05) is 0 Å². The molecule has 2 N–H and O–H groups in total. The predicted molar refractivity (Wildman–Crippen MR) is 65.3 cm³/mol. The molecule has 0 bridgehead atoms. The molecule has 0 saturated carbocycles. The van der Waals surface area contributed by atoms with Crippen LogP contribution in [0.25, 0.3) is 0 Å². The number of halogens is 1. The van der Waals surface area contributed by atoms with Crippen molar-refractivity contribution in [3.05, 3.63) is 42.0 Å². The Morgan fingerprint density at radius 3 is 2.74 bits per heavy atom. The van der Waals surface area contributed by atoms with Crippen LogP contribution in [-0.4, -0.2) is 18.2 Å². The van der Waals surface area contributed by atoms with Gasteiger partial charge in [-0.3, -0.25) is 4.68 Å². The Morgan fingerprint density at radius 1 is 1.42 bits per heavy atom. The molecule has 1 heterocycles. The lowest BCUT2D eigenvalue weighted by molar-refractivity contribution is 0.291. The molecule has 0 aliphatic carbocycles. The summed E-state index contributed by atoms with van der Waals surface area (Å²) in [6.07, 6.45) is 1.73. The Balaban J connectivity index is 2.25. The number of hydrogen-bond donors (Lipinski definition) is 1. The Hall–Kier alpha value is -1.93. The van der Waals surface area contributed by atoms with Crippen LogP contribution in [0.15, 0.2) is 35.4 Å². The molecule has 0 saturated heterocycles. The van der Waals surface area contributed by atoms with Crippen molar-refractivity contribution < 1.29 is 17.5 Å². The number of sulfonamides is 1. The van der Waals surface area contributed by atoms with Gasteiger partial charge in [-0.25, -0.2) is 17.9 Å². The first-order valence-corrected chi connectivity index (χ1v) is 6.84. The van der Waals surface area contributed by atoms with Gasteiger partial charge in [0.1, 0.15) is 23.1 Å². The summed E-state index contributed by atoms with van der Waals surface area (Å²) < 4.78 is 42.6. The van der Waals surface area contributed by atoms with Crippen molar-refractivity contribution in [3.63, 3.8) is 0 Å². The number of rotatable bonds is 4. The van der Waals surface area contributed by atoms with Crippen LogP contribution in [0.4, 0.5) is 4.39 Å². The van der Waals surface area contributed by atoms with Crippen LogP contribution in [-0.2, 0) is 23.7 Å². The second-order valence-corrected chi connectivity index (χ2v) is 5.44. The lowest BCUT2D eigenvalue weighted by Crippen LogP contribution is -2.14. The molecule has 19 heavy (non-hydrogen) atoms. The van der Waals surface area contributed by atoms with Gasteiger partial charge in [-0.1, -0.05) is 0 Å². The molecule has 0 unspecified atom stereocenters. The zero-order valence-electron chi connectivity index (χ0n) is 10.1. The van der Waals surface area contributed by atoms with Gasteiger partial charge in [0.2, 0.25) is 10.0 Å². The summed E-state index contributed by atoms with van der Waals surface area (Å²) in [5.74, 6) is -0.705. The first-order valence-electron chi connectivity index (χ1n) is 5.30. The minimum atomic E-state index is -4.05. The van der Waals surface area contributed by atoms with Crippen LogP contribution < -0.4 is 9.88 Å². The molecule has 1 aromatic carbocycles. The maximum absolute atomic E-state index is 13.1. The van der Waals surface area contributed by atoms with Crippen LogP contribution in [0.5, 0.6) is 5.75 Å². The van der Waals surface area contributed by atoms with E-state index in [0.717, 1.165) is 12.1 Å². The fourth-order valence-electron chi connectivity index (χ4n) is 1.52. The number of benzene rings is 1. The van der Waals surface area contributed by atoms with Crippen LogP contribution >= 0.6 is 0 Å². The largest absolute Gasteiger partial charge is 0.486 e. The Labute approximate surface area is 109 Å². The molecule has 1 aromatic heterocycles. The predicted octanol–water partition coefficient (Wildman–Crippen LogP) is 0.786. The molecule has 8 heteroatoms. The van der Waals surface area contributed by atoms with Crippen molar-refractivity contribution in [3.8, 4) is 5.75 Å². The SMILES string of the molecule is Cn1ccc(COc2ccc(F)cc2S(N)(=O)=O)n1. The van der Waals surface area contributed by atoms with E-state index < -0.39 is 15.8 Å². The highest BCUT2D eigenvalue weighted by Gasteiger charge is 2.16. The van der Waals surface area contributed by atoms with Gasteiger partial charge in [-0.15, -0.1) is 0 Å². The number of aromatic nitrogens is 2. The first-order chi connectivity index (χ1) is 8.86. The Morgan fingerprint density at radius 2 is 2.16 bits per heavy atom. The zero-order valence-corrected chi connectivity index (χ0v) is 10.9. The highest BCUT2D eigenvalue weighted by atomic mass is 32.2. The Kier molecular flexibility index (Phi) is 3.54. The van der Waals surface area contributed by atoms with E-state index in [1.165, 1.54) is 6.07 Å². The van der Waals surface area contributed by atoms with Crippen LogP contribution in [0, 0.1) is 5.82 Å². The number of nitrogens with two attached hydrogens (primary N) is 1. The topological polar surface area (TPSA) is 87.2 Å². The maximum Gasteiger partial charge on any atom is 0.241 e. The summed E-state index contributed by atoms with van der Waals surface area (Å²) in [4.78, 5) is -0.386. The number of hydrogen-bond acceptors (Lipinski definition) is 4. The van der Waals surface area contributed by atoms with Gasteiger partial charge in [0.15, 0.2) is 0 Å². The van der Waals surface area contributed by atoms with Gasteiger partial charge in [0, 0.05) is 13.2 Å². The lowest BCUT2D eigenvalue weighted by atomic mass is 10.3. The molecule has 102 valence electrons. The Bertz CT molecular complexity index is 697. The highest BCUT2D eigenvalue weighted by Crippen LogP contribution is 2.24. The third-order valence-electron chi connectivity index (χ3n) is 2.36. The molecular formula is C11H12FN3O3S. The molecule has 0 spiro atoms. The van der Waals surface area contributed by atoms with Crippen LogP contribution in [0.1, 0.15) is 5.69 Å². The van der Waals surface area contributed by atoms with Crippen LogP contribution in [0.3, 0.4) is 0 Å². The molecule has 0 radical (unpaired) electrons. The first kappa shape index (κ1) is 13.5.